The number of nitrogens with one attached hydrogen (secondary N) is 1. The van der Waals surface area contributed by atoms with Crippen molar-refractivity contribution in [3.63, 3.8) is 0 Å². The van der Waals surface area contributed by atoms with Crippen molar-refractivity contribution < 1.29 is 4.79 Å². The molecule has 2 aromatic rings. The molecule has 2 aromatic heterocycles. The molecule has 0 aliphatic heterocycles. The van der Waals surface area contributed by atoms with Gasteiger partial charge in [0.05, 0.1) is 6.33 Å². The minimum atomic E-state index is -0.395. The third kappa shape index (κ3) is 3.45. The van der Waals surface area contributed by atoms with Crippen LogP contribution < -0.4 is 16.6 Å². The van der Waals surface area contributed by atoms with Gasteiger partial charge in [-0.15, -0.1) is 0 Å². The molecule has 142 valence electrons. The largest absolute Gasteiger partial charge is 0.353 e. The highest BCUT2D eigenvalue weighted by atomic mass is 16.2. The quantitative estimate of drug-likeness (QED) is 0.857. The van der Waals surface area contributed by atoms with Gasteiger partial charge in [-0.25, -0.2) is 9.78 Å². The standard InChI is InChI=1S/C18H27N5O3/c1-12-7-4-5-8-13(12)20-14(24)9-6-10-23-11-19-16-15(23)17(25)22(3)18(26)21(16)2/h11-13H,4-10H2,1-3H3,(H,20,24)/t12-,13-/m0/s1. The lowest BCUT2D eigenvalue weighted by Gasteiger charge is -2.29. The summed E-state index contributed by atoms with van der Waals surface area (Å²) in [5.41, 5.74) is 0.0179. The van der Waals surface area contributed by atoms with Crippen LogP contribution in [0.4, 0.5) is 0 Å². The summed E-state index contributed by atoms with van der Waals surface area (Å²) in [4.78, 5) is 40.8. The fraction of sp³-hybridized carbons (Fsp3) is 0.667. The van der Waals surface area contributed by atoms with Gasteiger partial charge in [0.1, 0.15) is 0 Å². The maximum Gasteiger partial charge on any atom is 0.332 e. The van der Waals surface area contributed by atoms with Crippen molar-refractivity contribution >= 4 is 17.1 Å². The smallest absolute Gasteiger partial charge is 0.332 e. The second-order valence-corrected chi connectivity index (χ2v) is 7.36. The Balaban J connectivity index is 1.64. The predicted molar refractivity (Wildman–Crippen MR) is 99.0 cm³/mol. The number of hydrogen-bond acceptors (Lipinski definition) is 4. The molecular formula is C18H27N5O3. The summed E-state index contributed by atoms with van der Waals surface area (Å²) in [7, 11) is 3.06. The van der Waals surface area contributed by atoms with Gasteiger partial charge in [0, 0.05) is 33.1 Å². The molecule has 3 rings (SSSR count). The fourth-order valence-electron chi connectivity index (χ4n) is 3.79. The third-order valence-electron chi connectivity index (χ3n) is 5.48. The number of carbonyl (C=O) groups excluding carboxylic acids is 1. The van der Waals surface area contributed by atoms with E-state index in [2.05, 4.69) is 17.2 Å². The van der Waals surface area contributed by atoms with Crippen molar-refractivity contribution in [2.45, 2.75) is 58.0 Å². The molecule has 0 radical (unpaired) electrons. The summed E-state index contributed by atoms with van der Waals surface area (Å²) < 4.78 is 4.18. The number of carbonyl (C=O) groups is 1. The van der Waals surface area contributed by atoms with Gasteiger partial charge in [0.25, 0.3) is 5.56 Å². The summed E-state index contributed by atoms with van der Waals surface area (Å²) in [6.07, 6.45) is 7.25. The van der Waals surface area contributed by atoms with Gasteiger partial charge in [-0.05, 0) is 25.2 Å². The van der Waals surface area contributed by atoms with Crippen LogP contribution in [0.1, 0.15) is 45.4 Å². The lowest BCUT2D eigenvalue weighted by Crippen LogP contribution is -2.41. The van der Waals surface area contributed by atoms with Crippen LogP contribution in [0.15, 0.2) is 15.9 Å². The summed E-state index contributed by atoms with van der Waals surface area (Å²) >= 11 is 0. The van der Waals surface area contributed by atoms with E-state index < -0.39 is 5.69 Å². The minimum Gasteiger partial charge on any atom is -0.353 e. The third-order valence-corrected chi connectivity index (χ3v) is 5.48. The lowest BCUT2D eigenvalue weighted by atomic mass is 9.86. The van der Waals surface area contributed by atoms with E-state index >= 15 is 0 Å². The molecular weight excluding hydrogens is 334 g/mol. The molecule has 26 heavy (non-hydrogen) atoms. The molecule has 2 atom stereocenters. The van der Waals surface area contributed by atoms with Gasteiger partial charge >= 0.3 is 5.69 Å². The van der Waals surface area contributed by atoms with Crippen molar-refractivity contribution in [3.8, 4) is 0 Å². The Hall–Kier alpha value is -2.38. The van der Waals surface area contributed by atoms with E-state index in [9.17, 15) is 14.4 Å². The van der Waals surface area contributed by atoms with Gasteiger partial charge in [-0.2, -0.15) is 0 Å². The van der Waals surface area contributed by atoms with Crippen LogP contribution >= 0.6 is 0 Å². The van der Waals surface area contributed by atoms with E-state index in [1.165, 1.54) is 30.9 Å². The topological polar surface area (TPSA) is 90.9 Å². The second-order valence-electron chi connectivity index (χ2n) is 7.36. The van der Waals surface area contributed by atoms with Gasteiger partial charge in [-0.3, -0.25) is 18.7 Å². The molecule has 1 N–H and O–H groups in total. The highest BCUT2D eigenvalue weighted by Crippen LogP contribution is 2.23. The number of aryl methyl sites for hydroxylation is 2. The Kier molecular flexibility index (Phi) is 5.29. The summed E-state index contributed by atoms with van der Waals surface area (Å²) in [6.45, 7) is 2.71. The molecule has 8 nitrogen and oxygen atoms in total. The molecule has 0 saturated heterocycles. The SMILES string of the molecule is C[C@H]1CCCC[C@@H]1NC(=O)CCCn1cnc2c1c(=O)n(C)c(=O)n2C. The molecule has 1 aliphatic rings. The van der Waals surface area contributed by atoms with Crippen LogP contribution in [0.2, 0.25) is 0 Å². The number of fused-ring (bicyclic) bond motifs is 1. The van der Waals surface area contributed by atoms with Crippen LogP contribution in [0, 0.1) is 5.92 Å². The molecule has 8 heteroatoms. The van der Waals surface area contributed by atoms with Gasteiger partial charge in [0.15, 0.2) is 11.2 Å². The van der Waals surface area contributed by atoms with E-state index in [0.717, 1.165) is 11.0 Å². The number of imidazole rings is 1. The van der Waals surface area contributed by atoms with Crippen molar-refractivity contribution in [1.82, 2.24) is 24.0 Å². The van der Waals surface area contributed by atoms with Crippen molar-refractivity contribution in [2.24, 2.45) is 20.0 Å². The first kappa shape index (κ1) is 18.4. The van der Waals surface area contributed by atoms with Crippen LogP contribution in [0.5, 0.6) is 0 Å². The number of nitrogens with zero attached hydrogens (tertiary/aromatic N) is 4. The Bertz CT molecular complexity index is 923. The first-order valence-electron chi connectivity index (χ1n) is 9.30. The van der Waals surface area contributed by atoms with Crippen molar-refractivity contribution in [1.29, 1.82) is 0 Å². The summed E-state index contributed by atoms with van der Waals surface area (Å²) in [5, 5.41) is 3.15. The number of aromatic nitrogens is 4. The highest BCUT2D eigenvalue weighted by Gasteiger charge is 2.22. The Morgan fingerprint density at radius 3 is 2.69 bits per heavy atom. The zero-order chi connectivity index (χ0) is 18.8. The predicted octanol–water partition coefficient (Wildman–Crippen LogP) is 0.909. The number of amides is 1. The number of rotatable bonds is 5. The Labute approximate surface area is 151 Å². The molecule has 0 aromatic carbocycles. The molecule has 1 saturated carbocycles. The van der Waals surface area contributed by atoms with Gasteiger partial charge in [0.2, 0.25) is 5.91 Å². The fourth-order valence-corrected chi connectivity index (χ4v) is 3.79. The average Bonchev–Trinajstić information content (AvgIpc) is 3.04. The second kappa shape index (κ2) is 7.47. The maximum absolute atomic E-state index is 12.4. The van der Waals surface area contributed by atoms with Crippen LogP contribution in [0.3, 0.4) is 0 Å². The van der Waals surface area contributed by atoms with Crippen LogP contribution in [-0.4, -0.2) is 30.6 Å². The number of hydrogen-bond donors (Lipinski definition) is 1. The molecule has 2 heterocycles. The van der Waals surface area contributed by atoms with Gasteiger partial charge < -0.3 is 9.88 Å². The van der Waals surface area contributed by atoms with E-state index in [4.69, 9.17) is 0 Å². The van der Waals surface area contributed by atoms with Crippen molar-refractivity contribution in [2.75, 3.05) is 0 Å². The molecule has 0 spiro atoms. The normalized spacial score (nSPS) is 20.4. The summed E-state index contributed by atoms with van der Waals surface area (Å²) in [5.74, 6) is 0.600. The monoisotopic (exact) mass is 361 g/mol. The van der Waals surface area contributed by atoms with Crippen LogP contribution in [-0.2, 0) is 25.4 Å². The summed E-state index contributed by atoms with van der Waals surface area (Å²) in [6, 6.07) is 0.284. The molecule has 1 amide bonds. The zero-order valence-corrected chi connectivity index (χ0v) is 15.7. The lowest BCUT2D eigenvalue weighted by molar-refractivity contribution is -0.122. The molecule has 1 aliphatic carbocycles. The van der Waals surface area contributed by atoms with Crippen molar-refractivity contribution in [3.05, 3.63) is 27.2 Å². The average molecular weight is 361 g/mol. The van der Waals surface area contributed by atoms with E-state index in [1.807, 2.05) is 0 Å². The first-order chi connectivity index (χ1) is 12.4. The van der Waals surface area contributed by atoms with E-state index in [-0.39, 0.29) is 17.5 Å². The minimum absolute atomic E-state index is 0.0634. The highest BCUT2D eigenvalue weighted by molar-refractivity contribution is 5.76. The first-order valence-corrected chi connectivity index (χ1v) is 9.30. The zero-order valence-electron chi connectivity index (χ0n) is 15.7. The van der Waals surface area contributed by atoms with E-state index in [0.29, 0.717) is 36.5 Å². The van der Waals surface area contributed by atoms with E-state index in [1.54, 1.807) is 17.9 Å². The van der Waals surface area contributed by atoms with Gasteiger partial charge in [-0.1, -0.05) is 19.8 Å². The van der Waals surface area contributed by atoms with Crippen LogP contribution in [0.25, 0.3) is 11.2 Å². The Morgan fingerprint density at radius 1 is 1.23 bits per heavy atom. The molecule has 1 fully saturated rings. The maximum atomic E-state index is 12.4. The molecule has 0 bridgehead atoms. The Morgan fingerprint density at radius 2 is 1.96 bits per heavy atom. The molecule has 0 unspecified atom stereocenters.